The molecule has 0 saturated carbocycles. The quantitative estimate of drug-likeness (QED) is 0.686. The third kappa shape index (κ3) is 2.76. The fourth-order valence-electron chi connectivity index (χ4n) is 2.90. The van der Waals surface area contributed by atoms with Crippen LogP contribution in [-0.4, -0.2) is 29.2 Å². The van der Waals surface area contributed by atoms with Gasteiger partial charge in [-0.2, -0.15) is 0 Å². The average Bonchev–Trinajstić information content (AvgIpc) is 2.75. The molecular formula is C16H15ClN2O3. The molecule has 22 heavy (non-hydrogen) atoms. The summed E-state index contributed by atoms with van der Waals surface area (Å²) >= 11 is 5.78. The van der Waals surface area contributed by atoms with Crippen LogP contribution in [0.15, 0.2) is 36.4 Å². The zero-order valence-corrected chi connectivity index (χ0v) is 12.5. The summed E-state index contributed by atoms with van der Waals surface area (Å²) in [6.45, 7) is -0.243. The van der Waals surface area contributed by atoms with Crippen LogP contribution in [0.5, 0.6) is 0 Å². The van der Waals surface area contributed by atoms with Crippen LogP contribution in [0.4, 0.5) is 5.69 Å². The van der Waals surface area contributed by atoms with Gasteiger partial charge in [-0.1, -0.05) is 23.8 Å². The molecule has 1 heterocycles. The van der Waals surface area contributed by atoms with Crippen molar-refractivity contribution in [1.29, 1.82) is 0 Å². The molecule has 0 radical (unpaired) electrons. The Hall–Kier alpha value is -2.14. The SMILES string of the molecule is O=C(CN1C(=O)[C@H]2CC=CC[C@H]2C1=O)Nc1ccc(Cl)cc1. The Morgan fingerprint density at radius 1 is 1.09 bits per heavy atom. The van der Waals surface area contributed by atoms with E-state index in [0.29, 0.717) is 23.6 Å². The molecule has 1 aliphatic heterocycles. The summed E-state index contributed by atoms with van der Waals surface area (Å²) in [4.78, 5) is 37.6. The molecule has 1 aromatic rings. The van der Waals surface area contributed by atoms with Gasteiger partial charge in [-0.15, -0.1) is 0 Å². The van der Waals surface area contributed by atoms with E-state index in [1.165, 1.54) is 0 Å². The van der Waals surface area contributed by atoms with Crippen molar-refractivity contribution in [3.05, 3.63) is 41.4 Å². The number of halogens is 1. The van der Waals surface area contributed by atoms with Gasteiger partial charge in [-0.25, -0.2) is 0 Å². The largest absolute Gasteiger partial charge is 0.325 e. The molecule has 0 aromatic heterocycles. The van der Waals surface area contributed by atoms with Crippen LogP contribution in [0.2, 0.25) is 5.02 Å². The highest BCUT2D eigenvalue weighted by Gasteiger charge is 2.47. The third-order valence-corrected chi connectivity index (χ3v) is 4.28. The van der Waals surface area contributed by atoms with Gasteiger partial charge in [0.1, 0.15) is 6.54 Å². The number of amides is 3. The summed E-state index contributed by atoms with van der Waals surface area (Å²) < 4.78 is 0. The number of fused-ring (bicyclic) bond motifs is 1. The van der Waals surface area contributed by atoms with Crippen molar-refractivity contribution < 1.29 is 14.4 Å². The van der Waals surface area contributed by atoms with Gasteiger partial charge in [0.2, 0.25) is 17.7 Å². The molecule has 0 bridgehead atoms. The van der Waals surface area contributed by atoms with Crippen molar-refractivity contribution in [3.8, 4) is 0 Å². The lowest BCUT2D eigenvalue weighted by molar-refractivity contribution is -0.142. The van der Waals surface area contributed by atoms with E-state index in [1.54, 1.807) is 24.3 Å². The van der Waals surface area contributed by atoms with E-state index in [2.05, 4.69) is 5.32 Å². The molecular weight excluding hydrogens is 304 g/mol. The van der Waals surface area contributed by atoms with Gasteiger partial charge in [-0.3, -0.25) is 19.3 Å². The molecule has 1 fully saturated rings. The molecule has 0 spiro atoms. The first-order valence-electron chi connectivity index (χ1n) is 7.12. The summed E-state index contributed by atoms with van der Waals surface area (Å²) in [5.41, 5.74) is 0.576. The molecule has 1 saturated heterocycles. The van der Waals surface area contributed by atoms with Gasteiger partial charge < -0.3 is 5.32 Å². The maximum Gasteiger partial charge on any atom is 0.244 e. The zero-order chi connectivity index (χ0) is 15.7. The predicted molar refractivity (Wildman–Crippen MR) is 82.2 cm³/mol. The van der Waals surface area contributed by atoms with Crippen molar-refractivity contribution in [2.45, 2.75) is 12.8 Å². The molecule has 2 atom stereocenters. The minimum Gasteiger partial charge on any atom is -0.325 e. The zero-order valence-electron chi connectivity index (χ0n) is 11.8. The first kappa shape index (κ1) is 14.8. The fourth-order valence-corrected chi connectivity index (χ4v) is 3.03. The number of anilines is 1. The Morgan fingerprint density at radius 3 is 2.18 bits per heavy atom. The lowest BCUT2D eigenvalue weighted by Crippen LogP contribution is -2.38. The van der Waals surface area contributed by atoms with Crippen molar-refractivity contribution in [1.82, 2.24) is 4.90 Å². The van der Waals surface area contributed by atoms with Gasteiger partial charge in [0, 0.05) is 10.7 Å². The Morgan fingerprint density at radius 2 is 1.64 bits per heavy atom. The van der Waals surface area contributed by atoms with Gasteiger partial charge in [-0.05, 0) is 37.1 Å². The number of imide groups is 1. The Labute approximate surface area is 132 Å². The van der Waals surface area contributed by atoms with Crippen LogP contribution in [0.1, 0.15) is 12.8 Å². The summed E-state index contributed by atoms with van der Waals surface area (Å²) in [7, 11) is 0. The Kier molecular flexibility index (Phi) is 3.98. The molecule has 1 N–H and O–H groups in total. The van der Waals surface area contributed by atoms with Crippen LogP contribution in [0, 0.1) is 11.8 Å². The van der Waals surface area contributed by atoms with E-state index in [-0.39, 0.29) is 30.2 Å². The number of allylic oxidation sites excluding steroid dienone is 2. The van der Waals surface area contributed by atoms with Crippen LogP contribution in [0.3, 0.4) is 0 Å². The molecule has 3 amide bonds. The maximum absolute atomic E-state index is 12.3. The number of carbonyl (C=O) groups excluding carboxylic acids is 3. The Bertz CT molecular complexity index is 628. The van der Waals surface area contributed by atoms with E-state index in [0.717, 1.165) is 4.90 Å². The van der Waals surface area contributed by atoms with E-state index >= 15 is 0 Å². The second kappa shape index (κ2) is 5.93. The molecule has 5 nitrogen and oxygen atoms in total. The van der Waals surface area contributed by atoms with Crippen LogP contribution >= 0.6 is 11.6 Å². The lowest BCUT2D eigenvalue weighted by atomic mass is 9.85. The second-order valence-corrected chi connectivity index (χ2v) is 5.91. The number of hydrogen-bond acceptors (Lipinski definition) is 3. The molecule has 1 aromatic carbocycles. The number of hydrogen-bond donors (Lipinski definition) is 1. The van der Waals surface area contributed by atoms with Gasteiger partial charge in [0.15, 0.2) is 0 Å². The number of carbonyl (C=O) groups is 3. The maximum atomic E-state index is 12.3. The van der Waals surface area contributed by atoms with Crippen molar-refractivity contribution in [2.75, 3.05) is 11.9 Å². The topological polar surface area (TPSA) is 66.5 Å². The number of likely N-dealkylation sites (tertiary alicyclic amines) is 1. The normalized spacial score (nSPS) is 23.6. The summed E-state index contributed by atoms with van der Waals surface area (Å²) in [5, 5.41) is 3.23. The van der Waals surface area contributed by atoms with Gasteiger partial charge in [0.25, 0.3) is 0 Å². The van der Waals surface area contributed by atoms with E-state index in [1.807, 2.05) is 12.2 Å². The minimum absolute atomic E-state index is 0.243. The van der Waals surface area contributed by atoms with Crippen LogP contribution < -0.4 is 5.32 Å². The monoisotopic (exact) mass is 318 g/mol. The summed E-state index contributed by atoms with van der Waals surface area (Å²) in [6.07, 6.45) is 4.99. The van der Waals surface area contributed by atoms with Crippen molar-refractivity contribution in [3.63, 3.8) is 0 Å². The summed E-state index contributed by atoms with van der Waals surface area (Å²) in [6, 6.07) is 6.64. The van der Waals surface area contributed by atoms with Gasteiger partial charge >= 0.3 is 0 Å². The minimum atomic E-state index is -0.393. The smallest absolute Gasteiger partial charge is 0.244 e. The average molecular weight is 319 g/mol. The first-order chi connectivity index (χ1) is 10.6. The molecule has 3 rings (SSSR count). The first-order valence-corrected chi connectivity index (χ1v) is 7.49. The fraction of sp³-hybridized carbons (Fsp3) is 0.312. The third-order valence-electron chi connectivity index (χ3n) is 4.03. The predicted octanol–water partition coefficient (Wildman–Crippen LogP) is 2.23. The molecule has 114 valence electrons. The van der Waals surface area contributed by atoms with E-state index in [9.17, 15) is 14.4 Å². The number of nitrogens with one attached hydrogen (secondary N) is 1. The van der Waals surface area contributed by atoms with E-state index < -0.39 is 5.91 Å². The van der Waals surface area contributed by atoms with Crippen LogP contribution in [0.25, 0.3) is 0 Å². The lowest BCUT2D eigenvalue weighted by Gasteiger charge is -2.14. The highest BCUT2D eigenvalue weighted by molar-refractivity contribution is 6.30. The highest BCUT2D eigenvalue weighted by atomic mass is 35.5. The highest BCUT2D eigenvalue weighted by Crippen LogP contribution is 2.34. The number of benzene rings is 1. The van der Waals surface area contributed by atoms with Crippen molar-refractivity contribution in [2.24, 2.45) is 11.8 Å². The molecule has 6 heteroatoms. The Balaban J connectivity index is 1.65. The molecule has 0 unspecified atom stereocenters. The molecule has 2 aliphatic rings. The summed E-state index contributed by atoms with van der Waals surface area (Å²) in [5.74, 6) is -1.49. The molecule has 1 aliphatic carbocycles. The van der Waals surface area contributed by atoms with Crippen LogP contribution in [-0.2, 0) is 14.4 Å². The second-order valence-electron chi connectivity index (χ2n) is 5.47. The van der Waals surface area contributed by atoms with E-state index in [4.69, 9.17) is 11.6 Å². The number of rotatable bonds is 3. The van der Waals surface area contributed by atoms with Crippen molar-refractivity contribution >= 4 is 35.0 Å². The van der Waals surface area contributed by atoms with Gasteiger partial charge in [0.05, 0.1) is 11.8 Å². The standard InChI is InChI=1S/C16H15ClN2O3/c17-10-5-7-11(8-6-10)18-14(20)9-19-15(21)12-3-1-2-4-13(12)16(19)22/h1-2,5-8,12-13H,3-4,9H2,(H,18,20)/t12-,13+. The number of nitrogens with zero attached hydrogens (tertiary/aromatic N) is 1.